The van der Waals surface area contributed by atoms with Crippen molar-refractivity contribution >= 4 is 11.3 Å². The van der Waals surface area contributed by atoms with E-state index in [0.29, 0.717) is 0 Å². The van der Waals surface area contributed by atoms with Crippen molar-refractivity contribution in [3.63, 3.8) is 0 Å². The van der Waals surface area contributed by atoms with E-state index in [2.05, 4.69) is 29.4 Å². The zero-order chi connectivity index (χ0) is 13.9. The number of unbranched alkanes of at least 4 members (excludes halogenated alkanes) is 3. The maximum atomic E-state index is 3.34. The van der Waals surface area contributed by atoms with E-state index in [4.69, 9.17) is 0 Å². The molecule has 0 nitrogen and oxygen atoms in total. The van der Waals surface area contributed by atoms with E-state index in [-0.39, 0.29) is 0 Å². The lowest BCUT2D eigenvalue weighted by Crippen LogP contribution is -2.05. The minimum absolute atomic E-state index is 1.03. The van der Waals surface area contributed by atoms with Crippen molar-refractivity contribution in [1.29, 1.82) is 0 Å². The van der Waals surface area contributed by atoms with E-state index in [9.17, 15) is 0 Å². The van der Waals surface area contributed by atoms with Gasteiger partial charge in [0.2, 0.25) is 0 Å². The third kappa shape index (κ3) is 6.62. The van der Waals surface area contributed by atoms with Crippen LogP contribution in [0.15, 0.2) is 17.5 Å². The Morgan fingerprint density at radius 2 is 1.85 bits per heavy atom. The van der Waals surface area contributed by atoms with E-state index in [0.717, 1.165) is 25.2 Å². The SMILES string of the molecule is C(#CCCc1cccs1)CCCCCC1CCCCC1. The van der Waals surface area contributed by atoms with Gasteiger partial charge in [-0.2, -0.15) is 0 Å². The lowest BCUT2D eigenvalue weighted by atomic mass is 9.85. The standard InChI is InChI=1S/C19H28S/c1(3-5-10-15-19-16-11-17-20-19)2-4-7-12-18-13-8-6-9-14-18/h11,16-18H,1-2,4,6-10,12-15H2. The first-order valence-corrected chi connectivity index (χ1v) is 9.31. The van der Waals surface area contributed by atoms with E-state index in [1.54, 1.807) is 0 Å². The summed E-state index contributed by atoms with van der Waals surface area (Å²) >= 11 is 1.84. The molecule has 0 spiro atoms. The first-order valence-electron chi connectivity index (χ1n) is 8.43. The number of hydrogen-bond acceptors (Lipinski definition) is 1. The lowest BCUT2D eigenvalue weighted by Gasteiger charge is -2.21. The molecule has 0 amide bonds. The van der Waals surface area contributed by atoms with Gasteiger partial charge in [-0.25, -0.2) is 0 Å². The summed E-state index contributed by atoms with van der Waals surface area (Å²) in [6.07, 6.45) is 16.3. The van der Waals surface area contributed by atoms with E-state index < -0.39 is 0 Å². The van der Waals surface area contributed by atoms with Crippen molar-refractivity contribution < 1.29 is 0 Å². The molecule has 1 aromatic rings. The molecule has 1 heterocycles. The average Bonchev–Trinajstić information content (AvgIpc) is 3.00. The maximum Gasteiger partial charge on any atom is 0.0137 e. The fraction of sp³-hybridized carbons (Fsp3) is 0.684. The highest BCUT2D eigenvalue weighted by Crippen LogP contribution is 2.27. The second-order valence-electron chi connectivity index (χ2n) is 6.04. The van der Waals surface area contributed by atoms with E-state index in [1.807, 2.05) is 11.3 Å². The Balaban J connectivity index is 1.41. The molecule has 0 bridgehead atoms. The van der Waals surface area contributed by atoms with Crippen LogP contribution in [0.4, 0.5) is 0 Å². The van der Waals surface area contributed by atoms with Crippen molar-refractivity contribution in [3.05, 3.63) is 22.4 Å². The zero-order valence-corrected chi connectivity index (χ0v) is 13.5. The number of aryl methyl sites for hydroxylation is 1. The molecular formula is C19H28S. The summed E-state index contributed by atoms with van der Waals surface area (Å²) in [6.45, 7) is 0. The summed E-state index contributed by atoms with van der Waals surface area (Å²) in [5, 5.41) is 2.15. The fourth-order valence-corrected chi connectivity index (χ4v) is 3.83. The monoisotopic (exact) mass is 288 g/mol. The number of rotatable bonds is 7. The van der Waals surface area contributed by atoms with Gasteiger partial charge in [-0.15, -0.1) is 23.2 Å². The van der Waals surface area contributed by atoms with Crippen molar-refractivity contribution in [1.82, 2.24) is 0 Å². The molecule has 0 saturated heterocycles. The number of hydrogen-bond donors (Lipinski definition) is 0. The molecule has 1 saturated carbocycles. The summed E-state index contributed by atoms with van der Waals surface area (Å²) in [5.74, 6) is 7.72. The Morgan fingerprint density at radius 1 is 1.00 bits per heavy atom. The van der Waals surface area contributed by atoms with Gasteiger partial charge < -0.3 is 0 Å². The molecule has 1 heteroatoms. The predicted molar refractivity (Wildman–Crippen MR) is 90.1 cm³/mol. The van der Waals surface area contributed by atoms with Gasteiger partial charge >= 0.3 is 0 Å². The average molecular weight is 288 g/mol. The Morgan fingerprint density at radius 3 is 2.65 bits per heavy atom. The van der Waals surface area contributed by atoms with Crippen molar-refractivity contribution in [3.8, 4) is 11.8 Å². The summed E-state index contributed by atoms with van der Waals surface area (Å²) in [4.78, 5) is 1.46. The first kappa shape index (κ1) is 15.6. The normalized spacial score (nSPS) is 15.8. The van der Waals surface area contributed by atoms with Crippen LogP contribution in [0, 0.1) is 17.8 Å². The first-order chi connectivity index (χ1) is 9.95. The molecule has 20 heavy (non-hydrogen) atoms. The molecular weight excluding hydrogens is 260 g/mol. The molecule has 1 aliphatic rings. The van der Waals surface area contributed by atoms with Gasteiger partial charge in [-0.1, -0.05) is 57.4 Å². The third-order valence-electron chi connectivity index (χ3n) is 4.34. The molecule has 0 aliphatic heterocycles. The maximum absolute atomic E-state index is 3.34. The molecule has 2 rings (SSSR count). The van der Waals surface area contributed by atoms with Crippen LogP contribution in [-0.4, -0.2) is 0 Å². The zero-order valence-electron chi connectivity index (χ0n) is 12.7. The van der Waals surface area contributed by atoms with Crippen LogP contribution in [0.5, 0.6) is 0 Å². The topological polar surface area (TPSA) is 0 Å². The highest BCUT2D eigenvalue weighted by atomic mass is 32.1. The minimum atomic E-state index is 1.03. The minimum Gasteiger partial charge on any atom is -0.149 e. The quantitative estimate of drug-likeness (QED) is 0.413. The summed E-state index contributed by atoms with van der Waals surface area (Å²) in [6, 6.07) is 4.33. The molecule has 0 N–H and O–H groups in total. The summed E-state index contributed by atoms with van der Waals surface area (Å²) in [7, 11) is 0. The van der Waals surface area contributed by atoms with Crippen molar-refractivity contribution in [2.75, 3.05) is 0 Å². The van der Waals surface area contributed by atoms with Gasteiger partial charge in [-0.05, 0) is 30.2 Å². The van der Waals surface area contributed by atoms with Gasteiger partial charge in [0, 0.05) is 17.7 Å². The molecule has 0 radical (unpaired) electrons. The van der Waals surface area contributed by atoms with Gasteiger partial charge in [0.05, 0.1) is 0 Å². The Hall–Kier alpha value is -0.740. The summed E-state index contributed by atoms with van der Waals surface area (Å²) in [5.41, 5.74) is 0. The second-order valence-corrected chi connectivity index (χ2v) is 7.07. The van der Waals surface area contributed by atoms with Gasteiger partial charge in [-0.3, -0.25) is 0 Å². The van der Waals surface area contributed by atoms with Crippen LogP contribution >= 0.6 is 11.3 Å². The third-order valence-corrected chi connectivity index (χ3v) is 5.28. The van der Waals surface area contributed by atoms with Gasteiger partial charge in [0.1, 0.15) is 0 Å². The molecule has 1 fully saturated rings. The molecule has 0 atom stereocenters. The van der Waals surface area contributed by atoms with Crippen molar-refractivity contribution in [2.24, 2.45) is 5.92 Å². The van der Waals surface area contributed by atoms with Crippen LogP contribution in [-0.2, 0) is 6.42 Å². The second kappa shape index (κ2) is 10.1. The van der Waals surface area contributed by atoms with Crippen LogP contribution < -0.4 is 0 Å². The van der Waals surface area contributed by atoms with Crippen LogP contribution in [0.2, 0.25) is 0 Å². The summed E-state index contributed by atoms with van der Waals surface area (Å²) < 4.78 is 0. The fourth-order valence-electron chi connectivity index (χ4n) is 3.12. The molecule has 110 valence electrons. The Bertz CT molecular complexity index is 387. The lowest BCUT2D eigenvalue weighted by molar-refractivity contribution is 0.329. The van der Waals surface area contributed by atoms with Crippen LogP contribution in [0.3, 0.4) is 0 Å². The Labute approximate surface area is 129 Å². The van der Waals surface area contributed by atoms with Crippen LogP contribution in [0.1, 0.15) is 75.5 Å². The largest absolute Gasteiger partial charge is 0.149 e. The highest BCUT2D eigenvalue weighted by Gasteiger charge is 2.12. The highest BCUT2D eigenvalue weighted by molar-refractivity contribution is 7.09. The molecule has 0 aromatic carbocycles. The van der Waals surface area contributed by atoms with Crippen molar-refractivity contribution in [2.45, 2.75) is 77.0 Å². The molecule has 1 aliphatic carbocycles. The predicted octanol–water partition coefficient (Wildman–Crippen LogP) is 6.21. The van der Waals surface area contributed by atoms with Gasteiger partial charge in [0.15, 0.2) is 0 Å². The molecule has 0 unspecified atom stereocenters. The number of thiophene rings is 1. The Kier molecular flexibility index (Phi) is 7.87. The van der Waals surface area contributed by atoms with E-state index >= 15 is 0 Å². The van der Waals surface area contributed by atoms with E-state index in [1.165, 1.54) is 62.7 Å². The van der Waals surface area contributed by atoms with Crippen LogP contribution in [0.25, 0.3) is 0 Å². The molecule has 1 aromatic heterocycles. The smallest absolute Gasteiger partial charge is 0.0137 e. The van der Waals surface area contributed by atoms with Gasteiger partial charge in [0.25, 0.3) is 0 Å².